The summed E-state index contributed by atoms with van der Waals surface area (Å²) in [6.45, 7) is 4.77. The van der Waals surface area contributed by atoms with Crippen molar-refractivity contribution in [2.24, 2.45) is 0 Å². The van der Waals surface area contributed by atoms with Gasteiger partial charge in [0, 0.05) is 5.57 Å². The van der Waals surface area contributed by atoms with Crippen LogP contribution in [0.25, 0.3) is 0 Å². The highest BCUT2D eigenvalue weighted by Gasteiger charge is 2.13. The summed E-state index contributed by atoms with van der Waals surface area (Å²) in [5, 5.41) is 10.8. The van der Waals surface area contributed by atoms with Crippen LogP contribution in [0.1, 0.15) is 20.8 Å². The van der Waals surface area contributed by atoms with Gasteiger partial charge < -0.3 is 10.4 Å². The maximum absolute atomic E-state index is 11.0. The van der Waals surface area contributed by atoms with Gasteiger partial charge in [-0.05, 0) is 20.8 Å². The third-order valence-corrected chi connectivity index (χ3v) is 1.51. The van der Waals surface area contributed by atoms with Gasteiger partial charge in [0.15, 0.2) is 0 Å². The monoisotopic (exact) mass is 171 g/mol. The van der Waals surface area contributed by atoms with Gasteiger partial charge in [0.2, 0.25) is 5.91 Å². The number of carbonyl (C=O) groups excluding carboxylic acids is 1. The van der Waals surface area contributed by atoms with E-state index in [1.165, 1.54) is 6.92 Å². The van der Waals surface area contributed by atoms with Crippen molar-refractivity contribution in [1.82, 2.24) is 5.32 Å². The summed E-state index contributed by atoms with van der Waals surface area (Å²) in [4.78, 5) is 21.4. The fourth-order valence-electron chi connectivity index (χ4n) is 0.503. The normalized spacial score (nSPS) is 13.8. The Kier molecular flexibility index (Phi) is 4.04. The Bertz CT molecular complexity index is 220. The largest absolute Gasteiger partial charge is 0.480 e. The van der Waals surface area contributed by atoms with Crippen molar-refractivity contribution in [3.05, 3.63) is 11.6 Å². The van der Waals surface area contributed by atoms with E-state index in [0.717, 1.165) is 0 Å². The molecule has 0 unspecified atom stereocenters. The lowest BCUT2D eigenvalue weighted by Gasteiger charge is -2.08. The van der Waals surface area contributed by atoms with Gasteiger partial charge in [-0.3, -0.25) is 9.59 Å². The first-order valence-corrected chi connectivity index (χ1v) is 3.65. The molecule has 4 heteroatoms. The van der Waals surface area contributed by atoms with Crippen molar-refractivity contribution >= 4 is 11.9 Å². The highest BCUT2D eigenvalue weighted by molar-refractivity contribution is 5.95. The highest BCUT2D eigenvalue weighted by Crippen LogP contribution is 1.92. The van der Waals surface area contributed by atoms with E-state index in [0.29, 0.717) is 5.57 Å². The van der Waals surface area contributed by atoms with Gasteiger partial charge in [-0.25, -0.2) is 0 Å². The van der Waals surface area contributed by atoms with Gasteiger partial charge in [-0.2, -0.15) is 0 Å². The number of amides is 1. The van der Waals surface area contributed by atoms with Gasteiger partial charge in [-0.1, -0.05) is 6.08 Å². The SMILES string of the molecule is C/C=C(/C)C(=O)N[C@@H](C)C(=O)O. The van der Waals surface area contributed by atoms with Crippen molar-refractivity contribution in [2.75, 3.05) is 0 Å². The molecule has 0 bridgehead atoms. The van der Waals surface area contributed by atoms with Crippen LogP contribution in [0.5, 0.6) is 0 Å². The summed E-state index contributed by atoms with van der Waals surface area (Å²) in [6.07, 6.45) is 1.63. The first-order valence-electron chi connectivity index (χ1n) is 3.65. The predicted molar refractivity (Wildman–Crippen MR) is 44.7 cm³/mol. The molecule has 1 amide bonds. The van der Waals surface area contributed by atoms with Crippen LogP contribution in [-0.2, 0) is 9.59 Å². The number of rotatable bonds is 3. The van der Waals surface area contributed by atoms with Crippen molar-refractivity contribution in [1.29, 1.82) is 0 Å². The second-order valence-corrected chi connectivity index (χ2v) is 2.51. The Hall–Kier alpha value is -1.32. The molecule has 0 heterocycles. The topological polar surface area (TPSA) is 66.4 Å². The number of carboxylic acids is 1. The molecule has 68 valence electrons. The molecule has 0 aliphatic heterocycles. The highest BCUT2D eigenvalue weighted by atomic mass is 16.4. The molecule has 0 radical (unpaired) electrons. The van der Waals surface area contributed by atoms with E-state index in [1.54, 1.807) is 19.9 Å². The molecular weight excluding hydrogens is 158 g/mol. The van der Waals surface area contributed by atoms with Crippen molar-refractivity contribution in [2.45, 2.75) is 26.8 Å². The van der Waals surface area contributed by atoms with Crippen molar-refractivity contribution in [3.63, 3.8) is 0 Å². The molecule has 0 aromatic carbocycles. The molecule has 1 atom stereocenters. The molecule has 0 rings (SSSR count). The maximum atomic E-state index is 11.0. The smallest absolute Gasteiger partial charge is 0.325 e. The summed E-state index contributed by atoms with van der Waals surface area (Å²) in [7, 11) is 0. The summed E-state index contributed by atoms with van der Waals surface area (Å²) in [6, 6.07) is -0.840. The van der Waals surface area contributed by atoms with Crippen LogP contribution >= 0.6 is 0 Å². The first kappa shape index (κ1) is 10.7. The fourth-order valence-corrected chi connectivity index (χ4v) is 0.503. The van der Waals surface area contributed by atoms with E-state index in [2.05, 4.69) is 5.32 Å². The number of allylic oxidation sites excluding steroid dienone is 1. The quantitative estimate of drug-likeness (QED) is 0.609. The van der Waals surface area contributed by atoms with Crippen LogP contribution in [0.3, 0.4) is 0 Å². The first-order chi connectivity index (χ1) is 5.49. The van der Waals surface area contributed by atoms with E-state index in [4.69, 9.17) is 5.11 Å². The fraction of sp³-hybridized carbons (Fsp3) is 0.500. The Morgan fingerprint density at radius 3 is 2.33 bits per heavy atom. The minimum absolute atomic E-state index is 0.340. The molecule has 2 N–H and O–H groups in total. The molecule has 0 fully saturated rings. The summed E-state index contributed by atoms with van der Waals surface area (Å²) in [5.74, 6) is -1.38. The molecule has 0 aromatic heterocycles. The second kappa shape index (κ2) is 4.54. The number of carbonyl (C=O) groups is 2. The molecular formula is C8H13NO3. The van der Waals surface area contributed by atoms with E-state index >= 15 is 0 Å². The van der Waals surface area contributed by atoms with Gasteiger partial charge in [0.1, 0.15) is 6.04 Å². The summed E-state index contributed by atoms with van der Waals surface area (Å²) in [5.41, 5.74) is 0.517. The second-order valence-electron chi connectivity index (χ2n) is 2.51. The lowest BCUT2D eigenvalue weighted by atomic mass is 10.2. The zero-order valence-corrected chi connectivity index (χ0v) is 7.42. The van der Waals surface area contributed by atoms with Gasteiger partial charge in [0.05, 0.1) is 0 Å². The summed E-state index contributed by atoms with van der Waals surface area (Å²) >= 11 is 0. The number of nitrogens with one attached hydrogen (secondary N) is 1. The van der Waals surface area contributed by atoms with E-state index < -0.39 is 12.0 Å². The van der Waals surface area contributed by atoms with Crippen LogP contribution < -0.4 is 5.32 Å². The third-order valence-electron chi connectivity index (χ3n) is 1.51. The van der Waals surface area contributed by atoms with Crippen LogP contribution in [0.2, 0.25) is 0 Å². The number of hydrogen-bond acceptors (Lipinski definition) is 2. The van der Waals surface area contributed by atoms with Crippen LogP contribution in [-0.4, -0.2) is 23.0 Å². The molecule has 0 aliphatic carbocycles. The average Bonchev–Trinajstić information content (AvgIpc) is 2.02. The number of aliphatic carboxylic acids is 1. The third kappa shape index (κ3) is 3.18. The Morgan fingerprint density at radius 2 is 2.00 bits per heavy atom. The Labute approximate surface area is 71.3 Å². The lowest BCUT2D eigenvalue weighted by Crippen LogP contribution is -2.38. The van der Waals surface area contributed by atoms with Crippen LogP contribution in [0, 0.1) is 0 Å². The van der Waals surface area contributed by atoms with E-state index in [9.17, 15) is 9.59 Å². The van der Waals surface area contributed by atoms with E-state index in [-0.39, 0.29) is 5.91 Å². The number of hydrogen-bond donors (Lipinski definition) is 2. The van der Waals surface area contributed by atoms with Gasteiger partial charge in [-0.15, -0.1) is 0 Å². The lowest BCUT2D eigenvalue weighted by molar-refractivity contribution is -0.140. The summed E-state index contributed by atoms with van der Waals surface area (Å²) < 4.78 is 0. The number of carboxylic acid groups (broad SMARTS) is 1. The molecule has 0 aromatic rings. The average molecular weight is 171 g/mol. The maximum Gasteiger partial charge on any atom is 0.325 e. The van der Waals surface area contributed by atoms with Crippen LogP contribution in [0.15, 0.2) is 11.6 Å². The van der Waals surface area contributed by atoms with Gasteiger partial charge >= 0.3 is 5.97 Å². The Morgan fingerprint density at radius 1 is 1.50 bits per heavy atom. The van der Waals surface area contributed by atoms with Crippen LogP contribution in [0.4, 0.5) is 0 Å². The Balaban J connectivity index is 4.11. The molecule has 0 aliphatic rings. The molecule has 0 spiro atoms. The van der Waals surface area contributed by atoms with Crippen molar-refractivity contribution in [3.8, 4) is 0 Å². The molecule has 12 heavy (non-hydrogen) atoms. The zero-order valence-electron chi connectivity index (χ0n) is 7.42. The minimum atomic E-state index is -1.03. The van der Waals surface area contributed by atoms with E-state index in [1.807, 2.05) is 0 Å². The molecule has 0 saturated carbocycles. The zero-order chi connectivity index (χ0) is 9.72. The predicted octanol–water partition coefficient (Wildman–Crippen LogP) is 0.542. The molecule has 0 saturated heterocycles. The molecule has 4 nitrogen and oxygen atoms in total. The van der Waals surface area contributed by atoms with Gasteiger partial charge in [0.25, 0.3) is 0 Å². The minimum Gasteiger partial charge on any atom is -0.480 e. The standard InChI is InChI=1S/C8H13NO3/c1-4-5(2)7(10)9-6(3)8(11)12/h4,6H,1-3H3,(H,9,10)(H,11,12)/b5-4-/t6-/m0/s1. The van der Waals surface area contributed by atoms with Crippen molar-refractivity contribution < 1.29 is 14.7 Å².